The van der Waals surface area contributed by atoms with E-state index in [1.807, 2.05) is 0 Å². The first-order valence-electron chi connectivity index (χ1n) is 4.20. The summed E-state index contributed by atoms with van der Waals surface area (Å²) in [5.74, 6) is -0.910. The molecule has 0 saturated carbocycles. The molecule has 0 aliphatic heterocycles. The third kappa shape index (κ3) is 2.77. The Balaban J connectivity index is 3.50. The summed E-state index contributed by atoms with van der Waals surface area (Å²) in [6.07, 6.45) is -4.70. The van der Waals surface area contributed by atoms with Gasteiger partial charge in [0.2, 0.25) is 0 Å². The second kappa shape index (κ2) is 4.75. The van der Waals surface area contributed by atoms with Gasteiger partial charge in [0.05, 0.1) is 29.9 Å². The zero-order chi connectivity index (χ0) is 13.2. The van der Waals surface area contributed by atoms with Crippen molar-refractivity contribution in [2.75, 3.05) is 7.11 Å². The fourth-order valence-electron chi connectivity index (χ4n) is 1.17. The molecule has 1 rings (SSSR count). The maximum atomic E-state index is 12.6. The number of nitrogens with zero attached hydrogens (tertiary/aromatic N) is 1. The summed E-state index contributed by atoms with van der Waals surface area (Å²) in [7, 11) is 1.06. The molecule has 0 unspecified atom stereocenters. The van der Waals surface area contributed by atoms with E-state index in [-0.39, 0.29) is 10.0 Å². The van der Waals surface area contributed by atoms with Crippen molar-refractivity contribution in [2.24, 2.45) is 0 Å². The summed E-state index contributed by atoms with van der Waals surface area (Å²) < 4.78 is 42.2. The average Bonchev–Trinajstić information content (AvgIpc) is 2.25. The smallest absolute Gasteiger partial charge is 0.417 e. The van der Waals surface area contributed by atoms with Gasteiger partial charge in [0.1, 0.15) is 0 Å². The molecule has 0 saturated heterocycles. The van der Waals surface area contributed by atoms with E-state index < -0.39 is 23.3 Å². The van der Waals surface area contributed by atoms with Gasteiger partial charge in [-0.25, -0.2) is 4.79 Å². The zero-order valence-electron chi connectivity index (χ0n) is 8.43. The van der Waals surface area contributed by atoms with Crippen LogP contribution in [-0.2, 0) is 10.9 Å². The molecule has 0 heterocycles. The number of esters is 1. The van der Waals surface area contributed by atoms with Crippen LogP contribution in [0.5, 0.6) is 0 Å². The van der Waals surface area contributed by atoms with Crippen LogP contribution in [0.25, 0.3) is 0 Å². The molecule has 1 aromatic carbocycles. The van der Waals surface area contributed by atoms with Gasteiger partial charge >= 0.3 is 12.1 Å². The van der Waals surface area contributed by atoms with E-state index in [0.717, 1.165) is 13.2 Å². The summed E-state index contributed by atoms with van der Waals surface area (Å²) in [6, 6.07) is 2.96. The summed E-state index contributed by atoms with van der Waals surface area (Å²) in [6.45, 7) is 0. The number of carbonyl (C=O) groups excluding carboxylic acids is 1. The van der Waals surface area contributed by atoms with Crippen LogP contribution in [0.4, 0.5) is 13.2 Å². The van der Waals surface area contributed by atoms with Gasteiger partial charge in [-0.15, -0.1) is 0 Å². The van der Waals surface area contributed by atoms with Gasteiger partial charge in [-0.2, -0.15) is 18.4 Å². The molecule has 0 atom stereocenters. The maximum Gasteiger partial charge on any atom is 0.417 e. The van der Waals surface area contributed by atoms with E-state index >= 15 is 0 Å². The van der Waals surface area contributed by atoms with Gasteiger partial charge in [-0.1, -0.05) is 0 Å². The third-order valence-electron chi connectivity index (χ3n) is 1.94. The molecule has 0 aliphatic rings. The van der Waals surface area contributed by atoms with Crippen LogP contribution in [0.3, 0.4) is 0 Å². The number of carbonyl (C=O) groups is 1. The number of ether oxygens (including phenoxy) is 1. The molecular weight excluding hydrogens is 303 g/mol. The highest BCUT2D eigenvalue weighted by Gasteiger charge is 2.35. The van der Waals surface area contributed by atoms with Gasteiger partial charge in [0.15, 0.2) is 0 Å². The first-order chi connectivity index (χ1) is 7.81. The Morgan fingerprint density at radius 1 is 1.47 bits per heavy atom. The van der Waals surface area contributed by atoms with Gasteiger partial charge in [-0.05, 0) is 28.1 Å². The van der Waals surface area contributed by atoms with Crippen molar-refractivity contribution < 1.29 is 22.7 Å². The van der Waals surface area contributed by atoms with Crippen molar-refractivity contribution in [3.8, 4) is 6.07 Å². The lowest BCUT2D eigenvalue weighted by molar-refractivity contribution is -0.137. The number of methoxy groups -OCH3 is 1. The lowest BCUT2D eigenvalue weighted by Crippen LogP contribution is -2.11. The molecule has 0 N–H and O–H groups in total. The largest absolute Gasteiger partial charge is 0.465 e. The van der Waals surface area contributed by atoms with Crippen molar-refractivity contribution in [3.05, 3.63) is 33.3 Å². The lowest BCUT2D eigenvalue weighted by atomic mass is 10.0. The number of halogens is 4. The second-order valence-electron chi connectivity index (χ2n) is 2.98. The minimum absolute atomic E-state index is 0.0777. The molecule has 17 heavy (non-hydrogen) atoms. The quantitative estimate of drug-likeness (QED) is 0.749. The van der Waals surface area contributed by atoms with Crippen molar-refractivity contribution in [2.45, 2.75) is 6.18 Å². The van der Waals surface area contributed by atoms with Crippen molar-refractivity contribution >= 4 is 21.9 Å². The summed E-state index contributed by atoms with van der Waals surface area (Å²) in [5.41, 5.74) is -2.00. The van der Waals surface area contributed by atoms with E-state index in [9.17, 15) is 18.0 Å². The van der Waals surface area contributed by atoms with Gasteiger partial charge in [0, 0.05) is 4.47 Å². The fourth-order valence-corrected chi connectivity index (χ4v) is 1.67. The molecule has 0 radical (unpaired) electrons. The molecule has 0 bridgehead atoms. The van der Waals surface area contributed by atoms with Crippen LogP contribution >= 0.6 is 15.9 Å². The van der Waals surface area contributed by atoms with E-state index in [0.29, 0.717) is 6.07 Å². The molecule has 0 spiro atoms. The molecule has 1 aromatic rings. The highest BCUT2D eigenvalue weighted by molar-refractivity contribution is 9.10. The highest BCUT2D eigenvalue weighted by Crippen LogP contribution is 2.35. The van der Waals surface area contributed by atoms with E-state index in [1.165, 1.54) is 6.07 Å². The van der Waals surface area contributed by atoms with Crippen LogP contribution in [0, 0.1) is 11.3 Å². The number of hydrogen-bond acceptors (Lipinski definition) is 3. The predicted molar refractivity (Wildman–Crippen MR) is 55.2 cm³/mol. The SMILES string of the molecule is COC(=O)c1cc(C(F)(F)F)c(C#N)cc1Br. The minimum atomic E-state index is -4.70. The monoisotopic (exact) mass is 307 g/mol. The molecule has 3 nitrogen and oxygen atoms in total. The summed E-state index contributed by atoms with van der Waals surface area (Å²) >= 11 is 2.91. The first kappa shape index (κ1) is 13.5. The van der Waals surface area contributed by atoms with Crippen molar-refractivity contribution in [3.63, 3.8) is 0 Å². The third-order valence-corrected chi connectivity index (χ3v) is 2.59. The summed E-state index contributed by atoms with van der Waals surface area (Å²) in [4.78, 5) is 11.2. The van der Waals surface area contributed by atoms with Crippen LogP contribution in [0.2, 0.25) is 0 Å². The summed E-state index contributed by atoms with van der Waals surface area (Å²) in [5, 5.41) is 8.61. The topological polar surface area (TPSA) is 50.1 Å². The Hall–Kier alpha value is -1.55. The number of nitriles is 1. The Morgan fingerprint density at radius 2 is 2.06 bits per heavy atom. The lowest BCUT2D eigenvalue weighted by Gasteiger charge is -2.11. The van der Waals surface area contributed by atoms with Crippen LogP contribution in [0.15, 0.2) is 16.6 Å². The van der Waals surface area contributed by atoms with E-state index in [2.05, 4.69) is 20.7 Å². The highest BCUT2D eigenvalue weighted by atomic mass is 79.9. The number of alkyl halides is 3. The number of hydrogen-bond donors (Lipinski definition) is 0. The van der Waals surface area contributed by atoms with E-state index in [1.54, 1.807) is 0 Å². The fraction of sp³-hybridized carbons (Fsp3) is 0.200. The Labute approximate surface area is 103 Å². The molecule has 90 valence electrons. The number of rotatable bonds is 1. The molecule has 0 aliphatic carbocycles. The second-order valence-corrected chi connectivity index (χ2v) is 3.83. The Kier molecular flexibility index (Phi) is 3.78. The number of benzene rings is 1. The first-order valence-corrected chi connectivity index (χ1v) is 4.99. The van der Waals surface area contributed by atoms with Crippen molar-refractivity contribution in [1.82, 2.24) is 0 Å². The van der Waals surface area contributed by atoms with Gasteiger partial charge in [0.25, 0.3) is 0 Å². The van der Waals surface area contributed by atoms with E-state index in [4.69, 9.17) is 5.26 Å². The van der Waals surface area contributed by atoms with Crippen LogP contribution < -0.4 is 0 Å². The van der Waals surface area contributed by atoms with Crippen LogP contribution in [0.1, 0.15) is 21.5 Å². The molecule has 7 heteroatoms. The Morgan fingerprint density at radius 3 is 2.47 bits per heavy atom. The van der Waals surface area contributed by atoms with Gasteiger partial charge in [-0.3, -0.25) is 0 Å². The molecular formula is C10H5BrF3NO2. The van der Waals surface area contributed by atoms with Gasteiger partial charge < -0.3 is 4.74 Å². The zero-order valence-corrected chi connectivity index (χ0v) is 10.0. The van der Waals surface area contributed by atoms with Crippen LogP contribution in [-0.4, -0.2) is 13.1 Å². The van der Waals surface area contributed by atoms with Crippen molar-refractivity contribution in [1.29, 1.82) is 5.26 Å². The maximum absolute atomic E-state index is 12.6. The molecule has 0 fully saturated rings. The Bertz CT molecular complexity index is 505. The average molecular weight is 308 g/mol. The predicted octanol–water partition coefficient (Wildman–Crippen LogP) is 3.13. The standard InChI is InChI=1S/C10H5BrF3NO2/c1-17-9(16)6-3-7(10(12,13)14)5(4-15)2-8(6)11/h2-3H,1H3. The minimum Gasteiger partial charge on any atom is -0.465 e. The normalized spacial score (nSPS) is 10.8. The molecule has 0 amide bonds. The molecule has 0 aromatic heterocycles.